The van der Waals surface area contributed by atoms with Crippen LogP contribution in [0.5, 0.6) is 0 Å². The molecule has 2 nitrogen and oxygen atoms in total. The van der Waals surface area contributed by atoms with Crippen LogP contribution < -0.4 is 0 Å². The number of aliphatic imine (C=N–C) groups is 1. The molecule has 0 N–H and O–H groups in total. The second-order valence-electron chi connectivity index (χ2n) is 8.04. The van der Waals surface area contributed by atoms with Crippen molar-refractivity contribution in [2.45, 2.75) is 40.0 Å². The van der Waals surface area contributed by atoms with Crippen LogP contribution in [0.1, 0.15) is 48.1 Å². The molecule has 1 unspecified atom stereocenters. The van der Waals surface area contributed by atoms with Crippen LogP contribution in [-0.4, -0.2) is 6.21 Å². The fourth-order valence-electron chi connectivity index (χ4n) is 3.61. The van der Waals surface area contributed by atoms with Crippen molar-refractivity contribution in [2.75, 3.05) is 0 Å². The molecule has 0 spiro atoms. The van der Waals surface area contributed by atoms with Crippen molar-refractivity contribution in [3.63, 3.8) is 0 Å². The van der Waals surface area contributed by atoms with Crippen LogP contribution in [0.2, 0.25) is 0 Å². The topological polar surface area (TPSA) is 36.1 Å². The molecule has 0 fully saturated rings. The quantitative estimate of drug-likeness (QED) is 0.417. The van der Waals surface area contributed by atoms with Crippen molar-refractivity contribution in [3.8, 4) is 15.8 Å². The molecule has 0 saturated heterocycles. The summed E-state index contributed by atoms with van der Waals surface area (Å²) in [6.07, 6.45) is 5.17. The smallest absolute Gasteiger partial charge is 0.134 e. The van der Waals surface area contributed by atoms with Crippen LogP contribution in [-0.2, 0) is 12.8 Å². The molecule has 0 aromatic carbocycles. The highest BCUT2D eigenvalue weighted by Crippen LogP contribution is 2.45. The second kappa shape index (κ2) is 7.35. The van der Waals surface area contributed by atoms with Gasteiger partial charge < -0.3 is 0 Å². The number of rotatable bonds is 3. The molecular formula is C22H22N2S3. The highest BCUT2D eigenvalue weighted by Gasteiger charge is 2.32. The minimum atomic E-state index is 0.313. The summed E-state index contributed by atoms with van der Waals surface area (Å²) in [5.41, 5.74) is 2.36. The minimum Gasteiger partial charge on any atom is -0.243 e. The van der Waals surface area contributed by atoms with E-state index in [1.807, 2.05) is 6.21 Å². The SMILES string of the molecule is CC(C)(C)C1CCc2c(sc(/N=C/c3ccc(-c4cccs4)s3)c2C#N)C1. The summed E-state index contributed by atoms with van der Waals surface area (Å²) in [4.78, 5) is 9.77. The van der Waals surface area contributed by atoms with E-state index in [0.29, 0.717) is 11.3 Å². The third-order valence-electron chi connectivity index (χ3n) is 5.28. The van der Waals surface area contributed by atoms with Gasteiger partial charge in [0, 0.05) is 25.7 Å². The third-order valence-corrected chi connectivity index (χ3v) is 8.53. The Labute approximate surface area is 172 Å². The Morgan fingerprint density at radius 2 is 2.04 bits per heavy atom. The Kier molecular flexibility index (Phi) is 5.07. The van der Waals surface area contributed by atoms with Crippen LogP contribution in [0, 0.1) is 22.7 Å². The molecule has 0 radical (unpaired) electrons. The first-order chi connectivity index (χ1) is 13.0. The highest BCUT2D eigenvalue weighted by molar-refractivity contribution is 7.22. The average Bonchev–Trinajstić information content (AvgIpc) is 3.36. The predicted molar refractivity (Wildman–Crippen MR) is 119 cm³/mol. The van der Waals surface area contributed by atoms with Gasteiger partial charge in [-0.25, -0.2) is 4.99 Å². The van der Waals surface area contributed by atoms with E-state index in [1.165, 1.54) is 26.6 Å². The fraction of sp³-hybridized carbons (Fsp3) is 0.364. The van der Waals surface area contributed by atoms with Gasteiger partial charge in [-0.1, -0.05) is 26.8 Å². The van der Waals surface area contributed by atoms with Crippen LogP contribution >= 0.6 is 34.0 Å². The van der Waals surface area contributed by atoms with E-state index in [1.54, 1.807) is 34.0 Å². The van der Waals surface area contributed by atoms with Crippen molar-refractivity contribution < 1.29 is 0 Å². The standard InChI is InChI=1S/C22H22N2S3/c1-22(2,3)14-6-8-16-17(12-23)21(27-20(16)11-14)24-13-15-7-9-19(26-15)18-5-4-10-25-18/h4-5,7,9-10,13-14H,6,8,11H2,1-3H3/b24-13+. The van der Waals surface area contributed by atoms with E-state index in [9.17, 15) is 5.26 Å². The molecule has 1 atom stereocenters. The van der Waals surface area contributed by atoms with Crippen LogP contribution in [0.3, 0.4) is 0 Å². The van der Waals surface area contributed by atoms with E-state index in [0.717, 1.165) is 28.3 Å². The lowest BCUT2D eigenvalue weighted by molar-refractivity contribution is 0.218. The summed E-state index contributed by atoms with van der Waals surface area (Å²) in [7, 11) is 0. The Morgan fingerprint density at radius 3 is 2.74 bits per heavy atom. The number of fused-ring (bicyclic) bond motifs is 1. The van der Waals surface area contributed by atoms with Crippen molar-refractivity contribution in [3.05, 3.63) is 50.5 Å². The molecule has 27 heavy (non-hydrogen) atoms. The number of hydrogen-bond donors (Lipinski definition) is 0. The van der Waals surface area contributed by atoms with Gasteiger partial charge >= 0.3 is 0 Å². The van der Waals surface area contributed by atoms with Gasteiger partial charge in [0.25, 0.3) is 0 Å². The summed E-state index contributed by atoms with van der Waals surface area (Å²) in [5.74, 6) is 0.678. The molecule has 0 amide bonds. The van der Waals surface area contributed by atoms with Gasteiger partial charge in [0.15, 0.2) is 0 Å². The number of nitriles is 1. The van der Waals surface area contributed by atoms with Gasteiger partial charge in [0.1, 0.15) is 11.1 Å². The van der Waals surface area contributed by atoms with Gasteiger partial charge in [-0.15, -0.1) is 34.0 Å². The van der Waals surface area contributed by atoms with E-state index in [2.05, 4.69) is 56.5 Å². The van der Waals surface area contributed by atoms with E-state index in [-0.39, 0.29) is 0 Å². The lowest BCUT2D eigenvalue weighted by atomic mass is 9.72. The van der Waals surface area contributed by atoms with Gasteiger partial charge in [-0.05, 0) is 59.7 Å². The van der Waals surface area contributed by atoms with Gasteiger partial charge in [0.2, 0.25) is 0 Å². The summed E-state index contributed by atoms with van der Waals surface area (Å²) in [5, 5.41) is 12.7. The zero-order valence-electron chi connectivity index (χ0n) is 15.8. The van der Waals surface area contributed by atoms with Gasteiger partial charge in [-0.3, -0.25) is 0 Å². The Balaban J connectivity index is 1.59. The Hall–Kier alpha value is -1.74. The van der Waals surface area contributed by atoms with Crippen molar-refractivity contribution in [1.29, 1.82) is 5.26 Å². The molecule has 4 rings (SSSR count). The number of thiophene rings is 3. The summed E-state index contributed by atoms with van der Waals surface area (Å²) < 4.78 is 0. The van der Waals surface area contributed by atoms with Crippen LogP contribution in [0.15, 0.2) is 34.6 Å². The molecule has 3 heterocycles. The normalized spacial score (nSPS) is 17.2. The Bertz CT molecular complexity index is 1010. The maximum Gasteiger partial charge on any atom is 0.134 e. The fourth-order valence-corrected chi connectivity index (χ4v) is 6.55. The molecule has 138 valence electrons. The molecule has 1 aliphatic rings. The molecular weight excluding hydrogens is 388 g/mol. The first-order valence-corrected chi connectivity index (χ1v) is 11.7. The number of nitrogens with zero attached hydrogens (tertiary/aromatic N) is 2. The average molecular weight is 411 g/mol. The van der Waals surface area contributed by atoms with Crippen molar-refractivity contribution in [2.24, 2.45) is 16.3 Å². The summed E-state index contributed by atoms with van der Waals surface area (Å²) in [6, 6.07) is 10.9. The first kappa shape index (κ1) is 18.6. The molecule has 5 heteroatoms. The number of hydrogen-bond acceptors (Lipinski definition) is 5. The zero-order chi connectivity index (χ0) is 19.0. The molecule has 1 aliphatic carbocycles. The lowest BCUT2D eigenvalue weighted by Gasteiger charge is -2.33. The maximum absolute atomic E-state index is 9.70. The van der Waals surface area contributed by atoms with E-state index in [4.69, 9.17) is 4.99 Å². The second-order valence-corrected chi connectivity index (χ2v) is 11.2. The molecule has 3 aromatic rings. The molecule has 3 aromatic heterocycles. The van der Waals surface area contributed by atoms with Gasteiger partial charge in [0.05, 0.1) is 5.56 Å². The van der Waals surface area contributed by atoms with E-state index < -0.39 is 0 Å². The molecule has 0 aliphatic heterocycles. The largest absolute Gasteiger partial charge is 0.243 e. The third kappa shape index (κ3) is 3.80. The zero-order valence-corrected chi connectivity index (χ0v) is 18.2. The monoisotopic (exact) mass is 410 g/mol. The molecule has 0 bridgehead atoms. The van der Waals surface area contributed by atoms with Crippen LogP contribution in [0.25, 0.3) is 9.75 Å². The predicted octanol–water partition coefficient (Wildman–Crippen LogP) is 7.31. The Morgan fingerprint density at radius 1 is 1.19 bits per heavy atom. The maximum atomic E-state index is 9.70. The van der Waals surface area contributed by atoms with E-state index >= 15 is 0 Å². The summed E-state index contributed by atoms with van der Waals surface area (Å²) in [6.45, 7) is 6.97. The lowest BCUT2D eigenvalue weighted by Crippen LogP contribution is -2.26. The molecule has 0 saturated carbocycles. The van der Waals surface area contributed by atoms with Crippen molar-refractivity contribution >= 4 is 45.2 Å². The summed E-state index contributed by atoms with van der Waals surface area (Å²) >= 11 is 5.22. The van der Waals surface area contributed by atoms with Crippen molar-refractivity contribution in [1.82, 2.24) is 0 Å². The van der Waals surface area contributed by atoms with Crippen LogP contribution in [0.4, 0.5) is 5.00 Å². The first-order valence-electron chi connectivity index (χ1n) is 9.18. The highest BCUT2D eigenvalue weighted by atomic mass is 32.1. The van der Waals surface area contributed by atoms with Gasteiger partial charge in [-0.2, -0.15) is 5.26 Å². The minimum absolute atomic E-state index is 0.313.